The zero-order valence-corrected chi connectivity index (χ0v) is 19.5. The molecular weight excluding hydrogens is 475 g/mol. The number of amides is 1. The van der Waals surface area contributed by atoms with Gasteiger partial charge in [0.25, 0.3) is 0 Å². The number of alkyl halides is 3. The Hall–Kier alpha value is -2.97. The van der Waals surface area contributed by atoms with Crippen molar-refractivity contribution in [1.82, 2.24) is 24.5 Å². The Bertz CT molecular complexity index is 1120. The lowest BCUT2D eigenvalue weighted by Crippen LogP contribution is -2.47. The number of piperazine rings is 1. The molecule has 10 nitrogen and oxygen atoms in total. The third-order valence-electron chi connectivity index (χ3n) is 5.08. The Kier molecular flexibility index (Phi) is 7.94. The molecule has 0 bridgehead atoms. The van der Waals surface area contributed by atoms with Crippen molar-refractivity contribution in [2.75, 3.05) is 56.9 Å². The lowest BCUT2D eigenvalue weighted by atomic mass is 10.3. The zero-order chi connectivity index (χ0) is 24.9. The van der Waals surface area contributed by atoms with Gasteiger partial charge in [0, 0.05) is 58.1 Å². The Labute approximate surface area is 195 Å². The number of carbonyl (C=O) groups excluding carboxylic acids is 1. The Morgan fingerprint density at radius 3 is 2.50 bits per heavy atom. The number of nitrogens with zero attached hydrogens (tertiary/aromatic N) is 4. The highest BCUT2D eigenvalue weighted by atomic mass is 32.2. The summed E-state index contributed by atoms with van der Waals surface area (Å²) in [5, 5.41) is 7.79. The number of anilines is 3. The maximum Gasteiger partial charge on any atom is 0.421 e. The summed E-state index contributed by atoms with van der Waals surface area (Å²) in [5.74, 6) is -0.921. The molecule has 0 unspecified atom stereocenters. The lowest BCUT2D eigenvalue weighted by Gasteiger charge is -2.31. The molecule has 0 atom stereocenters. The summed E-state index contributed by atoms with van der Waals surface area (Å²) in [4.78, 5) is 20.7. The highest BCUT2D eigenvalue weighted by Gasteiger charge is 2.35. The summed E-state index contributed by atoms with van der Waals surface area (Å²) in [6.45, 7) is 3.38. The summed E-state index contributed by atoms with van der Waals surface area (Å²) in [6, 6.07) is 5.94. The second-order valence-electron chi connectivity index (χ2n) is 7.72. The van der Waals surface area contributed by atoms with Crippen LogP contribution in [0.4, 0.5) is 30.6 Å². The molecule has 2 aromatic rings. The molecule has 1 saturated heterocycles. The van der Waals surface area contributed by atoms with Gasteiger partial charge in [-0.2, -0.15) is 22.5 Å². The van der Waals surface area contributed by atoms with Crippen LogP contribution in [-0.2, 0) is 21.0 Å². The van der Waals surface area contributed by atoms with Crippen molar-refractivity contribution in [2.24, 2.45) is 0 Å². The highest BCUT2D eigenvalue weighted by molar-refractivity contribution is 7.89. The summed E-state index contributed by atoms with van der Waals surface area (Å²) < 4.78 is 67.4. The Balaban J connectivity index is 1.79. The van der Waals surface area contributed by atoms with E-state index >= 15 is 0 Å². The van der Waals surface area contributed by atoms with Gasteiger partial charge in [-0.3, -0.25) is 4.79 Å². The molecule has 0 saturated carbocycles. The molecule has 1 amide bonds. The second kappa shape index (κ2) is 10.5. The van der Waals surface area contributed by atoms with Crippen molar-refractivity contribution >= 4 is 33.4 Å². The van der Waals surface area contributed by atoms with Crippen molar-refractivity contribution in [2.45, 2.75) is 18.0 Å². The average Bonchev–Trinajstić information content (AvgIpc) is 2.76. The van der Waals surface area contributed by atoms with Crippen LogP contribution in [0.1, 0.15) is 12.5 Å². The molecule has 2 heterocycles. The standard InChI is InChI=1S/C20H26F3N7O3S/c1-14(31)24-6-7-25-18-17(20(21,22)23)13-26-19(28-18)27-15-4-3-5-16(12-15)34(32,33)30-10-8-29(2)9-11-30/h3-5,12-13H,6-11H2,1-2H3,(H,24,31)(H2,25,26,27,28). The number of carbonyl (C=O) groups is 1. The number of aromatic nitrogens is 2. The first-order chi connectivity index (χ1) is 16.0. The highest BCUT2D eigenvalue weighted by Crippen LogP contribution is 2.34. The van der Waals surface area contributed by atoms with E-state index in [2.05, 4.69) is 25.9 Å². The van der Waals surface area contributed by atoms with Gasteiger partial charge in [-0.15, -0.1) is 0 Å². The van der Waals surface area contributed by atoms with Gasteiger partial charge in [-0.1, -0.05) is 6.07 Å². The second-order valence-corrected chi connectivity index (χ2v) is 9.66. The van der Waals surface area contributed by atoms with Gasteiger partial charge >= 0.3 is 6.18 Å². The number of rotatable bonds is 8. The molecule has 0 spiro atoms. The first-order valence-corrected chi connectivity index (χ1v) is 11.9. The predicted octanol–water partition coefficient (Wildman–Crippen LogP) is 1.72. The molecule has 0 aliphatic carbocycles. The fraction of sp³-hybridized carbons (Fsp3) is 0.450. The van der Waals surface area contributed by atoms with Crippen LogP contribution in [0.3, 0.4) is 0 Å². The van der Waals surface area contributed by atoms with Gasteiger partial charge in [0.1, 0.15) is 11.4 Å². The van der Waals surface area contributed by atoms with Crippen LogP contribution < -0.4 is 16.0 Å². The van der Waals surface area contributed by atoms with E-state index in [0.717, 1.165) is 0 Å². The minimum atomic E-state index is -4.69. The van der Waals surface area contributed by atoms with Crippen LogP contribution in [0.15, 0.2) is 35.4 Å². The van der Waals surface area contributed by atoms with Gasteiger partial charge in [-0.25, -0.2) is 13.4 Å². The number of nitrogens with one attached hydrogen (secondary N) is 3. The van der Waals surface area contributed by atoms with Gasteiger partial charge in [0.15, 0.2) is 0 Å². The SMILES string of the molecule is CC(=O)NCCNc1nc(Nc2cccc(S(=O)(=O)N3CCN(C)CC3)c2)ncc1C(F)(F)F. The number of halogens is 3. The lowest BCUT2D eigenvalue weighted by molar-refractivity contribution is -0.137. The summed E-state index contributed by atoms with van der Waals surface area (Å²) in [6.07, 6.45) is -4.05. The average molecular weight is 502 g/mol. The van der Waals surface area contributed by atoms with Crippen molar-refractivity contribution in [3.05, 3.63) is 36.0 Å². The van der Waals surface area contributed by atoms with E-state index in [1.54, 1.807) is 6.07 Å². The third-order valence-corrected chi connectivity index (χ3v) is 6.97. The predicted molar refractivity (Wildman–Crippen MR) is 120 cm³/mol. The minimum absolute atomic E-state index is 0.0118. The summed E-state index contributed by atoms with van der Waals surface area (Å²) in [7, 11) is -1.81. The fourth-order valence-electron chi connectivity index (χ4n) is 3.24. The molecule has 1 aliphatic heterocycles. The largest absolute Gasteiger partial charge is 0.421 e. The molecular formula is C20H26F3N7O3S. The molecule has 14 heteroatoms. The number of benzene rings is 1. The van der Waals surface area contributed by atoms with Crippen LogP contribution in [0.25, 0.3) is 0 Å². The molecule has 1 aromatic heterocycles. The number of likely N-dealkylation sites (N-methyl/N-ethyl adjacent to an activating group) is 1. The first kappa shape index (κ1) is 25.6. The first-order valence-electron chi connectivity index (χ1n) is 10.4. The van der Waals surface area contributed by atoms with Crippen molar-refractivity contribution in [1.29, 1.82) is 0 Å². The molecule has 0 radical (unpaired) electrons. The molecule has 34 heavy (non-hydrogen) atoms. The van der Waals surface area contributed by atoms with Crippen LogP contribution in [0.2, 0.25) is 0 Å². The fourth-order valence-corrected chi connectivity index (χ4v) is 4.71. The van der Waals surface area contributed by atoms with Crippen molar-refractivity contribution in [3.8, 4) is 0 Å². The minimum Gasteiger partial charge on any atom is -0.368 e. The van der Waals surface area contributed by atoms with E-state index in [0.29, 0.717) is 38.1 Å². The van der Waals surface area contributed by atoms with Crippen molar-refractivity contribution < 1.29 is 26.4 Å². The summed E-state index contributed by atoms with van der Waals surface area (Å²) in [5.41, 5.74) is -0.758. The van der Waals surface area contributed by atoms with Crippen LogP contribution in [0.5, 0.6) is 0 Å². The van der Waals surface area contributed by atoms with Gasteiger partial charge < -0.3 is 20.9 Å². The quantitative estimate of drug-likeness (QED) is 0.468. The van der Waals surface area contributed by atoms with E-state index in [1.165, 1.54) is 29.4 Å². The van der Waals surface area contributed by atoms with E-state index in [1.807, 2.05) is 11.9 Å². The van der Waals surface area contributed by atoms with E-state index in [-0.39, 0.29) is 29.8 Å². The van der Waals surface area contributed by atoms with Gasteiger partial charge in [-0.05, 0) is 25.2 Å². The Morgan fingerprint density at radius 1 is 1.15 bits per heavy atom. The molecule has 3 N–H and O–H groups in total. The molecule has 1 fully saturated rings. The van der Waals surface area contributed by atoms with Crippen LogP contribution in [0, 0.1) is 0 Å². The van der Waals surface area contributed by atoms with E-state index in [4.69, 9.17) is 0 Å². The van der Waals surface area contributed by atoms with Crippen molar-refractivity contribution in [3.63, 3.8) is 0 Å². The van der Waals surface area contributed by atoms with Crippen LogP contribution >= 0.6 is 0 Å². The number of hydrogen-bond donors (Lipinski definition) is 3. The maximum absolute atomic E-state index is 13.3. The molecule has 1 aromatic carbocycles. The molecule has 3 rings (SSSR count). The van der Waals surface area contributed by atoms with Gasteiger partial charge in [0.05, 0.1) is 4.90 Å². The topological polar surface area (TPSA) is 120 Å². The maximum atomic E-state index is 13.3. The molecule has 186 valence electrons. The smallest absolute Gasteiger partial charge is 0.368 e. The monoisotopic (exact) mass is 501 g/mol. The molecule has 1 aliphatic rings. The van der Waals surface area contributed by atoms with E-state index in [9.17, 15) is 26.4 Å². The van der Waals surface area contributed by atoms with Crippen LogP contribution in [-0.4, -0.2) is 79.8 Å². The normalized spacial score (nSPS) is 15.7. The Morgan fingerprint density at radius 2 is 1.85 bits per heavy atom. The number of hydrogen-bond acceptors (Lipinski definition) is 8. The van der Waals surface area contributed by atoms with E-state index < -0.39 is 27.6 Å². The van der Waals surface area contributed by atoms with Gasteiger partial charge in [0.2, 0.25) is 21.9 Å². The number of sulfonamides is 1. The summed E-state index contributed by atoms with van der Waals surface area (Å²) >= 11 is 0. The third kappa shape index (κ3) is 6.55. The zero-order valence-electron chi connectivity index (χ0n) is 18.7.